The van der Waals surface area contributed by atoms with Crippen LogP contribution in [0.5, 0.6) is 5.75 Å². The van der Waals surface area contributed by atoms with Gasteiger partial charge in [-0.25, -0.2) is 4.79 Å². The molecule has 0 fully saturated rings. The van der Waals surface area contributed by atoms with E-state index in [1.807, 2.05) is 25.1 Å². The van der Waals surface area contributed by atoms with Crippen molar-refractivity contribution in [2.75, 3.05) is 6.61 Å². The Bertz CT molecular complexity index is 927. The number of esters is 1. The SMILES string of the molecule is CCOC(=O)c1c(C)sc2c1OC(N)=C(C#N)[C@@H]2c1ccccc1Cl. The van der Waals surface area contributed by atoms with Crippen molar-refractivity contribution in [2.45, 2.75) is 19.8 Å². The highest BCUT2D eigenvalue weighted by molar-refractivity contribution is 7.12. The topological polar surface area (TPSA) is 85.3 Å². The number of thiophene rings is 1. The van der Waals surface area contributed by atoms with Crippen molar-refractivity contribution in [3.63, 3.8) is 0 Å². The highest BCUT2D eigenvalue weighted by Gasteiger charge is 2.37. The zero-order chi connectivity index (χ0) is 18.1. The van der Waals surface area contributed by atoms with Gasteiger partial charge in [0, 0.05) is 9.90 Å². The van der Waals surface area contributed by atoms with Crippen LogP contribution in [0.1, 0.15) is 38.5 Å². The van der Waals surface area contributed by atoms with Gasteiger partial charge in [-0.3, -0.25) is 0 Å². The normalized spacial score (nSPS) is 16.0. The lowest BCUT2D eigenvalue weighted by molar-refractivity contribution is 0.0522. The van der Waals surface area contributed by atoms with Gasteiger partial charge in [0.15, 0.2) is 5.75 Å². The summed E-state index contributed by atoms with van der Waals surface area (Å²) in [5.41, 5.74) is 7.34. The van der Waals surface area contributed by atoms with Crippen LogP contribution in [0, 0.1) is 18.3 Å². The van der Waals surface area contributed by atoms with Crippen molar-refractivity contribution in [1.82, 2.24) is 0 Å². The van der Waals surface area contributed by atoms with Crippen LogP contribution in [0.3, 0.4) is 0 Å². The molecule has 0 saturated carbocycles. The Balaban J connectivity index is 2.24. The summed E-state index contributed by atoms with van der Waals surface area (Å²) in [7, 11) is 0. The van der Waals surface area contributed by atoms with E-state index in [0.29, 0.717) is 16.3 Å². The number of allylic oxidation sites excluding steroid dienone is 1. The van der Waals surface area contributed by atoms with E-state index in [1.54, 1.807) is 13.0 Å². The number of fused-ring (bicyclic) bond motifs is 1. The number of hydrogen-bond acceptors (Lipinski definition) is 6. The Kier molecular flexibility index (Phi) is 4.71. The first kappa shape index (κ1) is 17.3. The van der Waals surface area contributed by atoms with Crippen molar-refractivity contribution in [2.24, 2.45) is 5.73 Å². The van der Waals surface area contributed by atoms with Gasteiger partial charge in [0.1, 0.15) is 17.2 Å². The predicted octanol–water partition coefficient (Wildman–Crippen LogP) is 4.10. The van der Waals surface area contributed by atoms with E-state index in [4.69, 9.17) is 26.8 Å². The van der Waals surface area contributed by atoms with Crippen molar-refractivity contribution in [3.8, 4) is 11.8 Å². The summed E-state index contributed by atoms with van der Waals surface area (Å²) in [6.07, 6.45) is 0. The number of rotatable bonds is 3. The first-order chi connectivity index (χ1) is 12.0. The molecule has 1 aromatic carbocycles. The highest BCUT2D eigenvalue weighted by Crippen LogP contribution is 2.50. The van der Waals surface area contributed by atoms with Gasteiger partial charge in [0.05, 0.1) is 17.4 Å². The van der Waals surface area contributed by atoms with Crippen molar-refractivity contribution in [3.05, 3.63) is 61.6 Å². The molecular formula is C18H15ClN2O3S. The van der Waals surface area contributed by atoms with E-state index in [1.165, 1.54) is 11.3 Å². The fraction of sp³-hybridized carbons (Fsp3) is 0.222. The lowest BCUT2D eigenvalue weighted by atomic mass is 9.88. The minimum Gasteiger partial charge on any atom is -0.462 e. The third-order valence-electron chi connectivity index (χ3n) is 3.91. The molecule has 0 unspecified atom stereocenters. The lowest BCUT2D eigenvalue weighted by Gasteiger charge is -2.24. The second-order valence-corrected chi connectivity index (χ2v) is 7.06. The van der Waals surface area contributed by atoms with Gasteiger partial charge in [0.2, 0.25) is 5.88 Å². The smallest absolute Gasteiger partial charge is 0.343 e. The monoisotopic (exact) mass is 374 g/mol. The van der Waals surface area contributed by atoms with Crippen molar-refractivity contribution < 1.29 is 14.3 Å². The third kappa shape index (κ3) is 2.86. The van der Waals surface area contributed by atoms with Gasteiger partial charge in [-0.1, -0.05) is 29.8 Å². The minimum atomic E-state index is -0.477. The van der Waals surface area contributed by atoms with Crippen molar-refractivity contribution >= 4 is 28.9 Å². The molecule has 0 aliphatic carbocycles. The summed E-state index contributed by atoms with van der Waals surface area (Å²) in [5, 5.41) is 10.1. The van der Waals surface area contributed by atoms with Gasteiger partial charge >= 0.3 is 5.97 Å². The molecule has 2 N–H and O–H groups in total. The first-order valence-corrected chi connectivity index (χ1v) is 8.81. The molecule has 5 nitrogen and oxygen atoms in total. The average Bonchev–Trinajstić information content (AvgIpc) is 2.90. The summed E-state index contributed by atoms with van der Waals surface area (Å²) in [5.74, 6) is -0.622. The van der Waals surface area contributed by atoms with Crippen LogP contribution in [0.4, 0.5) is 0 Å². The lowest BCUT2D eigenvalue weighted by Crippen LogP contribution is -2.21. The standard InChI is InChI=1S/C18H15ClN2O3S/c1-3-23-18(22)13-9(2)25-16-14(10-6-4-5-7-12(10)19)11(8-20)17(21)24-15(13)16/h4-7,14H,3,21H2,1-2H3/t14-/m0/s1. The largest absolute Gasteiger partial charge is 0.462 e. The molecule has 7 heteroatoms. The van der Waals surface area contributed by atoms with E-state index < -0.39 is 11.9 Å². The number of nitriles is 1. The van der Waals surface area contributed by atoms with Crippen LogP contribution in [0.15, 0.2) is 35.7 Å². The molecule has 0 amide bonds. The molecule has 0 spiro atoms. The number of aryl methyl sites for hydroxylation is 1. The fourth-order valence-electron chi connectivity index (χ4n) is 2.84. The van der Waals surface area contributed by atoms with Gasteiger partial charge in [0.25, 0.3) is 0 Å². The zero-order valence-corrected chi connectivity index (χ0v) is 15.2. The van der Waals surface area contributed by atoms with E-state index in [2.05, 4.69) is 6.07 Å². The Morgan fingerprint density at radius 1 is 1.48 bits per heavy atom. The maximum Gasteiger partial charge on any atom is 0.343 e. The van der Waals surface area contributed by atoms with Crippen LogP contribution >= 0.6 is 22.9 Å². The van der Waals surface area contributed by atoms with Crippen molar-refractivity contribution in [1.29, 1.82) is 5.26 Å². The molecule has 3 rings (SSSR count). The summed E-state index contributed by atoms with van der Waals surface area (Å²) >= 11 is 7.73. The summed E-state index contributed by atoms with van der Waals surface area (Å²) in [4.78, 5) is 13.8. The predicted molar refractivity (Wildman–Crippen MR) is 95.8 cm³/mol. The van der Waals surface area contributed by atoms with Gasteiger partial charge in [-0.15, -0.1) is 11.3 Å². The number of nitrogens with two attached hydrogens (primary N) is 1. The molecule has 1 aliphatic rings. The van der Waals surface area contributed by atoms with E-state index in [-0.39, 0.29) is 18.1 Å². The van der Waals surface area contributed by atoms with E-state index >= 15 is 0 Å². The van der Waals surface area contributed by atoms with E-state index in [0.717, 1.165) is 15.3 Å². The highest BCUT2D eigenvalue weighted by atomic mass is 35.5. The molecule has 25 heavy (non-hydrogen) atoms. The quantitative estimate of drug-likeness (QED) is 0.817. The number of nitrogens with zero attached hydrogens (tertiary/aromatic N) is 1. The molecule has 1 atom stereocenters. The zero-order valence-electron chi connectivity index (χ0n) is 13.6. The van der Waals surface area contributed by atoms with Crippen LogP contribution in [0.25, 0.3) is 0 Å². The second kappa shape index (κ2) is 6.79. The first-order valence-electron chi connectivity index (χ1n) is 7.62. The third-order valence-corrected chi connectivity index (χ3v) is 5.41. The molecule has 0 bridgehead atoms. The Morgan fingerprint density at radius 3 is 2.84 bits per heavy atom. The Labute approximate surface area is 154 Å². The molecule has 1 aliphatic heterocycles. The summed E-state index contributed by atoms with van der Waals surface area (Å²) < 4.78 is 10.8. The molecule has 0 saturated heterocycles. The molecule has 2 heterocycles. The van der Waals surface area contributed by atoms with Gasteiger partial charge in [-0.05, 0) is 25.5 Å². The number of carbonyl (C=O) groups excluding carboxylic acids is 1. The molecule has 1 aromatic heterocycles. The number of hydrogen-bond donors (Lipinski definition) is 1. The van der Waals surface area contributed by atoms with Gasteiger partial charge < -0.3 is 15.2 Å². The number of carbonyl (C=O) groups is 1. The molecule has 128 valence electrons. The van der Waals surface area contributed by atoms with Crippen LogP contribution in [-0.4, -0.2) is 12.6 Å². The van der Waals surface area contributed by atoms with Crippen LogP contribution in [-0.2, 0) is 4.74 Å². The maximum atomic E-state index is 12.3. The van der Waals surface area contributed by atoms with E-state index in [9.17, 15) is 10.1 Å². The fourth-order valence-corrected chi connectivity index (χ4v) is 4.29. The average molecular weight is 375 g/mol. The van der Waals surface area contributed by atoms with Crippen LogP contribution < -0.4 is 10.5 Å². The number of halogens is 1. The summed E-state index contributed by atoms with van der Waals surface area (Å²) in [6, 6.07) is 9.36. The number of benzene rings is 1. The maximum absolute atomic E-state index is 12.3. The molecule has 2 aromatic rings. The van der Waals surface area contributed by atoms with Gasteiger partial charge in [-0.2, -0.15) is 5.26 Å². The van der Waals surface area contributed by atoms with Crippen LogP contribution in [0.2, 0.25) is 5.02 Å². The summed E-state index contributed by atoms with van der Waals surface area (Å²) in [6.45, 7) is 3.80. The number of ether oxygens (including phenoxy) is 2. The Hall–Kier alpha value is -2.49. The second-order valence-electron chi connectivity index (χ2n) is 5.39. The molecule has 0 radical (unpaired) electrons. The molecular weight excluding hydrogens is 360 g/mol. The minimum absolute atomic E-state index is 0.0248. The Morgan fingerprint density at radius 2 is 2.20 bits per heavy atom.